The van der Waals surface area contributed by atoms with E-state index in [2.05, 4.69) is 21.2 Å². The van der Waals surface area contributed by atoms with Crippen LogP contribution in [0, 0.1) is 5.82 Å². The van der Waals surface area contributed by atoms with E-state index >= 15 is 0 Å². The molecule has 1 amide bonds. The van der Waals surface area contributed by atoms with E-state index in [9.17, 15) is 17.6 Å². The Morgan fingerprint density at radius 2 is 1.69 bits per heavy atom. The van der Waals surface area contributed by atoms with Crippen molar-refractivity contribution in [3.05, 3.63) is 88.6 Å². The number of nitrogens with zero attached hydrogens (tertiary/aromatic N) is 1. The van der Waals surface area contributed by atoms with E-state index in [1.165, 1.54) is 4.31 Å². The number of halogens is 2. The van der Waals surface area contributed by atoms with Crippen molar-refractivity contribution in [3.63, 3.8) is 0 Å². The van der Waals surface area contributed by atoms with Crippen LogP contribution in [-0.4, -0.2) is 20.9 Å². The highest BCUT2D eigenvalue weighted by molar-refractivity contribution is 9.10. The smallest absolute Gasteiger partial charge is 0.264 e. The Hall–Kier alpha value is -2.71. The third-order valence-electron chi connectivity index (χ3n) is 4.22. The Kier molecular flexibility index (Phi) is 6.34. The van der Waals surface area contributed by atoms with Gasteiger partial charge < -0.3 is 5.32 Å². The number of benzene rings is 3. The summed E-state index contributed by atoms with van der Waals surface area (Å²) in [4.78, 5) is 12.4. The Balaban J connectivity index is 1.97. The standard InChI is InChI=1S/C21H18BrFN2O3S/c1-2-25(15-8-4-3-5-9-15)29(27,28)16-12-13-19(23)17(14-16)21(26)24-20-11-7-6-10-18(20)22/h3-14H,2H2,1H3,(H,24,26). The van der Waals surface area contributed by atoms with Gasteiger partial charge in [-0.15, -0.1) is 0 Å². The van der Waals surface area contributed by atoms with Crippen molar-refractivity contribution in [2.24, 2.45) is 0 Å². The number of nitrogens with one attached hydrogen (secondary N) is 1. The summed E-state index contributed by atoms with van der Waals surface area (Å²) in [5, 5.41) is 2.59. The topological polar surface area (TPSA) is 66.5 Å². The highest BCUT2D eigenvalue weighted by atomic mass is 79.9. The molecule has 0 saturated carbocycles. The molecule has 0 aliphatic heterocycles. The van der Waals surface area contributed by atoms with E-state index in [0.717, 1.165) is 18.2 Å². The first-order valence-corrected chi connectivity index (χ1v) is 11.0. The SMILES string of the molecule is CCN(c1ccccc1)S(=O)(=O)c1ccc(F)c(C(=O)Nc2ccccc2Br)c1. The number of anilines is 2. The first-order chi connectivity index (χ1) is 13.8. The van der Waals surface area contributed by atoms with Gasteiger partial charge in [0.05, 0.1) is 21.8 Å². The monoisotopic (exact) mass is 476 g/mol. The van der Waals surface area contributed by atoms with Gasteiger partial charge in [-0.05, 0) is 65.3 Å². The summed E-state index contributed by atoms with van der Waals surface area (Å²) in [7, 11) is -3.98. The molecule has 5 nitrogen and oxygen atoms in total. The number of amides is 1. The van der Waals surface area contributed by atoms with Crippen LogP contribution in [0.3, 0.4) is 0 Å². The van der Waals surface area contributed by atoms with Gasteiger partial charge in [0.15, 0.2) is 0 Å². The molecule has 0 radical (unpaired) electrons. The van der Waals surface area contributed by atoms with Gasteiger partial charge in [-0.2, -0.15) is 0 Å². The molecule has 0 aliphatic carbocycles. The van der Waals surface area contributed by atoms with Crippen LogP contribution >= 0.6 is 15.9 Å². The van der Waals surface area contributed by atoms with Crippen molar-refractivity contribution in [2.75, 3.05) is 16.2 Å². The number of carbonyl (C=O) groups is 1. The van der Waals surface area contributed by atoms with E-state index in [0.29, 0.717) is 15.8 Å². The van der Waals surface area contributed by atoms with E-state index in [4.69, 9.17) is 0 Å². The number of sulfonamides is 1. The quantitative estimate of drug-likeness (QED) is 0.540. The lowest BCUT2D eigenvalue weighted by molar-refractivity contribution is 0.102. The fourth-order valence-corrected chi connectivity index (χ4v) is 4.69. The zero-order valence-electron chi connectivity index (χ0n) is 15.5. The first kappa shape index (κ1) is 21.0. The maximum atomic E-state index is 14.3. The minimum absolute atomic E-state index is 0.165. The van der Waals surface area contributed by atoms with E-state index in [1.54, 1.807) is 61.5 Å². The molecule has 0 spiro atoms. The second-order valence-corrected chi connectivity index (χ2v) is 8.80. The molecule has 150 valence electrons. The van der Waals surface area contributed by atoms with Gasteiger partial charge >= 0.3 is 0 Å². The van der Waals surface area contributed by atoms with Gasteiger partial charge in [0, 0.05) is 11.0 Å². The molecule has 0 saturated heterocycles. The van der Waals surface area contributed by atoms with E-state index in [-0.39, 0.29) is 17.0 Å². The molecule has 0 aromatic heterocycles. The summed E-state index contributed by atoms with van der Waals surface area (Å²) in [6.07, 6.45) is 0. The molecule has 0 atom stereocenters. The third-order valence-corrected chi connectivity index (χ3v) is 6.81. The predicted molar refractivity (Wildman–Crippen MR) is 115 cm³/mol. The van der Waals surface area contributed by atoms with Crippen LogP contribution in [0.4, 0.5) is 15.8 Å². The molecule has 3 aromatic rings. The van der Waals surface area contributed by atoms with Crippen LogP contribution in [0.5, 0.6) is 0 Å². The average molecular weight is 477 g/mol. The summed E-state index contributed by atoms with van der Waals surface area (Å²) in [5.41, 5.74) is 0.578. The zero-order valence-corrected chi connectivity index (χ0v) is 17.9. The van der Waals surface area contributed by atoms with Crippen LogP contribution in [-0.2, 0) is 10.0 Å². The van der Waals surface area contributed by atoms with E-state index in [1.807, 2.05) is 0 Å². The summed E-state index contributed by atoms with van der Waals surface area (Å²) in [6.45, 7) is 1.89. The molecule has 0 heterocycles. The fraction of sp³-hybridized carbons (Fsp3) is 0.0952. The van der Waals surface area contributed by atoms with Crippen LogP contribution < -0.4 is 9.62 Å². The average Bonchev–Trinajstić information content (AvgIpc) is 2.71. The maximum Gasteiger partial charge on any atom is 0.264 e. The molecular weight excluding hydrogens is 459 g/mol. The van der Waals surface area contributed by atoms with Gasteiger partial charge in [0.25, 0.3) is 15.9 Å². The van der Waals surface area contributed by atoms with Crippen LogP contribution in [0.1, 0.15) is 17.3 Å². The normalized spacial score (nSPS) is 11.1. The Labute approximate surface area is 177 Å². The predicted octanol–water partition coefficient (Wildman–Crippen LogP) is 5.06. The summed E-state index contributed by atoms with van der Waals surface area (Å²) in [5.74, 6) is -1.55. The van der Waals surface area contributed by atoms with Crippen LogP contribution in [0.25, 0.3) is 0 Å². The second kappa shape index (κ2) is 8.75. The fourth-order valence-electron chi connectivity index (χ4n) is 2.80. The number of hydrogen-bond acceptors (Lipinski definition) is 3. The van der Waals surface area contributed by atoms with Crippen molar-refractivity contribution in [3.8, 4) is 0 Å². The van der Waals surface area contributed by atoms with Crippen LogP contribution in [0.15, 0.2) is 82.2 Å². The molecule has 0 bridgehead atoms. The maximum absolute atomic E-state index is 14.3. The molecule has 8 heteroatoms. The minimum Gasteiger partial charge on any atom is -0.321 e. The van der Waals surface area contributed by atoms with Gasteiger partial charge in [-0.1, -0.05) is 30.3 Å². The second-order valence-electron chi connectivity index (χ2n) is 6.08. The number of para-hydroxylation sites is 2. The molecule has 0 fully saturated rings. The molecule has 0 unspecified atom stereocenters. The van der Waals surface area contributed by atoms with Gasteiger partial charge in [-0.25, -0.2) is 12.8 Å². The van der Waals surface area contributed by atoms with Crippen molar-refractivity contribution in [1.82, 2.24) is 0 Å². The Morgan fingerprint density at radius 1 is 1.03 bits per heavy atom. The molecule has 29 heavy (non-hydrogen) atoms. The lowest BCUT2D eigenvalue weighted by Gasteiger charge is -2.23. The molecule has 1 N–H and O–H groups in total. The molecular formula is C21H18BrFN2O3S. The van der Waals surface area contributed by atoms with Crippen molar-refractivity contribution in [2.45, 2.75) is 11.8 Å². The Bertz CT molecular complexity index is 1140. The third kappa shape index (κ3) is 4.49. The molecule has 0 aliphatic rings. The highest BCUT2D eigenvalue weighted by Crippen LogP contribution is 2.26. The van der Waals surface area contributed by atoms with E-state index < -0.39 is 21.7 Å². The minimum atomic E-state index is -3.98. The lowest BCUT2D eigenvalue weighted by atomic mass is 10.2. The lowest BCUT2D eigenvalue weighted by Crippen LogP contribution is -2.31. The number of carbonyl (C=O) groups excluding carboxylic acids is 1. The van der Waals surface area contributed by atoms with Crippen molar-refractivity contribution >= 4 is 43.2 Å². The van der Waals surface area contributed by atoms with Crippen molar-refractivity contribution < 1.29 is 17.6 Å². The number of rotatable bonds is 6. The summed E-state index contributed by atoms with van der Waals surface area (Å²) in [6, 6.07) is 18.7. The zero-order chi connectivity index (χ0) is 21.0. The van der Waals surface area contributed by atoms with Crippen LogP contribution in [0.2, 0.25) is 0 Å². The Morgan fingerprint density at radius 3 is 2.34 bits per heavy atom. The molecule has 3 aromatic carbocycles. The van der Waals surface area contributed by atoms with Crippen molar-refractivity contribution in [1.29, 1.82) is 0 Å². The highest BCUT2D eigenvalue weighted by Gasteiger charge is 2.26. The van der Waals surface area contributed by atoms with Gasteiger partial charge in [0.2, 0.25) is 0 Å². The number of hydrogen-bond donors (Lipinski definition) is 1. The summed E-state index contributed by atoms with van der Waals surface area (Å²) >= 11 is 3.31. The van der Waals surface area contributed by atoms with Gasteiger partial charge in [0.1, 0.15) is 5.82 Å². The first-order valence-electron chi connectivity index (χ1n) is 8.78. The summed E-state index contributed by atoms with van der Waals surface area (Å²) < 4.78 is 42.4. The van der Waals surface area contributed by atoms with Gasteiger partial charge in [-0.3, -0.25) is 9.10 Å². The molecule has 3 rings (SSSR count). The largest absolute Gasteiger partial charge is 0.321 e.